The van der Waals surface area contributed by atoms with Crippen LogP contribution in [0.2, 0.25) is 0 Å². The second kappa shape index (κ2) is 39.0. The number of carbonyl (C=O) groups is 1. The van der Waals surface area contributed by atoms with E-state index in [0.717, 1.165) is 44.9 Å². The molecule has 0 aromatic carbocycles. The quantitative estimate of drug-likeness (QED) is 0.0296. The molecule has 10 heteroatoms. The zero-order valence-electron chi connectivity index (χ0n) is 37.7. The topological polar surface area (TPSA) is 169 Å². The van der Waals surface area contributed by atoms with Gasteiger partial charge in [-0.25, -0.2) is 0 Å². The number of rotatable bonds is 42. The molecule has 0 saturated carbocycles. The number of amides is 1. The first-order chi connectivity index (χ1) is 28.3. The largest absolute Gasteiger partial charge is 0.394 e. The summed E-state index contributed by atoms with van der Waals surface area (Å²) in [6.07, 6.45) is 32.9. The molecule has 1 aliphatic rings. The highest BCUT2D eigenvalue weighted by Crippen LogP contribution is 2.23. The number of unbranched alkanes of at least 4 members (excludes halogenated alkanes) is 31. The smallest absolute Gasteiger partial charge is 0.249 e. The van der Waals surface area contributed by atoms with Gasteiger partial charge in [0.05, 0.1) is 25.4 Å². The molecule has 1 heterocycles. The predicted molar refractivity (Wildman–Crippen MR) is 237 cm³/mol. The maximum Gasteiger partial charge on any atom is 0.249 e. The molecule has 0 aromatic rings. The second-order valence-corrected chi connectivity index (χ2v) is 17.8. The van der Waals surface area contributed by atoms with E-state index in [1.54, 1.807) is 0 Å². The van der Waals surface area contributed by atoms with Crippen molar-refractivity contribution in [3.8, 4) is 0 Å². The van der Waals surface area contributed by atoms with Gasteiger partial charge >= 0.3 is 0 Å². The molecule has 0 aromatic heterocycles. The van der Waals surface area contributed by atoms with Gasteiger partial charge in [-0.15, -0.1) is 0 Å². The van der Waals surface area contributed by atoms with Crippen LogP contribution in [0.1, 0.15) is 239 Å². The van der Waals surface area contributed by atoms with Crippen LogP contribution >= 0.6 is 0 Å². The van der Waals surface area contributed by atoms with Crippen molar-refractivity contribution in [1.29, 1.82) is 0 Å². The van der Waals surface area contributed by atoms with Crippen LogP contribution in [0.4, 0.5) is 0 Å². The van der Waals surface area contributed by atoms with E-state index < -0.39 is 61.5 Å². The number of hydrogen-bond acceptors (Lipinski definition) is 9. The first kappa shape index (κ1) is 55.2. The summed E-state index contributed by atoms with van der Waals surface area (Å²) in [4.78, 5) is 13.1. The number of ether oxygens (including phenoxy) is 2. The number of aliphatic hydroxyl groups is 6. The van der Waals surface area contributed by atoms with Gasteiger partial charge in [0.25, 0.3) is 0 Å². The standard InChI is InChI=1S/C48H95NO9/c1-3-5-7-9-11-13-15-17-18-19-20-21-22-23-25-27-29-31-33-35-37-42(52)47(56)49-40(39-57-48-46(55)45(54)44(53)43(38-50)58-48)41(51)36-34-32-30-28-26-24-16-14-12-10-8-6-4-2/h40-46,48,50-55H,3-39H2,1-2H3,(H,49,56)/t40?,41?,42-,43-,44+,45+,46-,48-/m1/s1. The highest BCUT2D eigenvalue weighted by molar-refractivity contribution is 5.80. The van der Waals surface area contributed by atoms with Gasteiger partial charge in [-0.2, -0.15) is 0 Å². The van der Waals surface area contributed by atoms with Crippen molar-refractivity contribution in [3.63, 3.8) is 0 Å². The lowest BCUT2D eigenvalue weighted by molar-refractivity contribution is -0.302. The Balaban J connectivity index is 2.31. The lowest BCUT2D eigenvalue weighted by Crippen LogP contribution is -2.60. The zero-order chi connectivity index (χ0) is 42.5. The Kier molecular flexibility index (Phi) is 37.1. The van der Waals surface area contributed by atoms with Gasteiger partial charge < -0.3 is 45.4 Å². The van der Waals surface area contributed by atoms with Gasteiger partial charge in [0.15, 0.2) is 6.29 Å². The van der Waals surface area contributed by atoms with Crippen LogP contribution in [0, 0.1) is 0 Å². The fourth-order valence-electron chi connectivity index (χ4n) is 8.23. The maximum atomic E-state index is 13.1. The SMILES string of the molecule is CCCCCCCCCCCCCCCCCCCCCC[C@@H](O)C(=O)NC(CO[C@@H]1O[C@H](CO)[C@H](O)[C@H](O)[C@H]1O)C(O)CCCCCCCCCCCCCCC. The molecule has 346 valence electrons. The third-order valence-corrected chi connectivity index (χ3v) is 12.3. The monoisotopic (exact) mass is 830 g/mol. The number of nitrogens with one attached hydrogen (secondary N) is 1. The molecule has 0 spiro atoms. The summed E-state index contributed by atoms with van der Waals surface area (Å²) in [5.41, 5.74) is 0. The number of hydrogen-bond donors (Lipinski definition) is 7. The minimum Gasteiger partial charge on any atom is -0.394 e. The zero-order valence-corrected chi connectivity index (χ0v) is 37.7. The molecule has 1 amide bonds. The van der Waals surface area contributed by atoms with Crippen LogP contribution in [0.3, 0.4) is 0 Å². The molecule has 8 atom stereocenters. The Morgan fingerprint density at radius 2 is 0.862 bits per heavy atom. The average Bonchev–Trinajstić information content (AvgIpc) is 3.22. The third-order valence-electron chi connectivity index (χ3n) is 12.3. The Hall–Kier alpha value is -0.850. The lowest BCUT2D eigenvalue weighted by Gasteiger charge is -2.40. The van der Waals surface area contributed by atoms with Crippen molar-refractivity contribution in [2.24, 2.45) is 0 Å². The van der Waals surface area contributed by atoms with E-state index in [0.29, 0.717) is 12.8 Å². The molecule has 0 aliphatic carbocycles. The summed E-state index contributed by atoms with van der Waals surface area (Å²) in [6, 6.07) is -0.887. The normalized spacial score (nSPS) is 21.3. The molecule has 0 bridgehead atoms. The van der Waals surface area contributed by atoms with Gasteiger partial charge in [-0.3, -0.25) is 4.79 Å². The van der Waals surface area contributed by atoms with Gasteiger partial charge in [-0.1, -0.05) is 226 Å². The van der Waals surface area contributed by atoms with Gasteiger partial charge in [0.1, 0.15) is 30.5 Å². The van der Waals surface area contributed by atoms with Crippen molar-refractivity contribution in [2.75, 3.05) is 13.2 Å². The molecule has 1 fully saturated rings. The summed E-state index contributed by atoms with van der Waals surface area (Å²) >= 11 is 0. The predicted octanol–water partition coefficient (Wildman–Crippen LogP) is 9.70. The van der Waals surface area contributed by atoms with E-state index >= 15 is 0 Å². The lowest BCUT2D eigenvalue weighted by atomic mass is 9.99. The van der Waals surface area contributed by atoms with Gasteiger partial charge in [-0.05, 0) is 12.8 Å². The van der Waals surface area contributed by atoms with E-state index in [1.807, 2.05) is 0 Å². The first-order valence-corrected chi connectivity index (χ1v) is 24.8. The highest BCUT2D eigenvalue weighted by atomic mass is 16.7. The van der Waals surface area contributed by atoms with E-state index in [1.165, 1.54) is 167 Å². The molecule has 0 radical (unpaired) electrons. The van der Waals surface area contributed by atoms with E-state index in [4.69, 9.17) is 9.47 Å². The molecule has 1 aliphatic heterocycles. The van der Waals surface area contributed by atoms with E-state index in [2.05, 4.69) is 19.2 Å². The summed E-state index contributed by atoms with van der Waals surface area (Å²) in [7, 11) is 0. The van der Waals surface area contributed by atoms with Crippen LogP contribution in [0.25, 0.3) is 0 Å². The molecule has 1 saturated heterocycles. The molecule has 2 unspecified atom stereocenters. The second-order valence-electron chi connectivity index (χ2n) is 17.8. The average molecular weight is 830 g/mol. The van der Waals surface area contributed by atoms with Crippen LogP contribution in [0.5, 0.6) is 0 Å². The van der Waals surface area contributed by atoms with Crippen LogP contribution in [-0.2, 0) is 14.3 Å². The first-order valence-electron chi connectivity index (χ1n) is 24.8. The maximum absolute atomic E-state index is 13.1. The Morgan fingerprint density at radius 3 is 1.22 bits per heavy atom. The Morgan fingerprint density at radius 1 is 0.517 bits per heavy atom. The molecular weight excluding hydrogens is 735 g/mol. The summed E-state index contributed by atoms with van der Waals surface area (Å²) in [5, 5.41) is 64.9. The number of aliphatic hydroxyl groups excluding tert-OH is 6. The van der Waals surface area contributed by atoms with Crippen LogP contribution in [0.15, 0.2) is 0 Å². The van der Waals surface area contributed by atoms with Crippen molar-refractivity contribution in [1.82, 2.24) is 5.32 Å². The Bertz CT molecular complexity index is 895. The molecule has 7 N–H and O–H groups in total. The van der Waals surface area contributed by atoms with Crippen LogP contribution < -0.4 is 5.32 Å². The third kappa shape index (κ3) is 28.6. The van der Waals surface area contributed by atoms with Gasteiger partial charge in [0, 0.05) is 0 Å². The van der Waals surface area contributed by atoms with Crippen molar-refractivity contribution in [3.05, 3.63) is 0 Å². The van der Waals surface area contributed by atoms with E-state index in [-0.39, 0.29) is 6.61 Å². The fourth-order valence-corrected chi connectivity index (χ4v) is 8.23. The van der Waals surface area contributed by atoms with Crippen molar-refractivity contribution < 1.29 is 44.9 Å². The minimum atomic E-state index is -1.59. The molecule has 10 nitrogen and oxygen atoms in total. The summed E-state index contributed by atoms with van der Waals surface area (Å²) < 4.78 is 11.2. The summed E-state index contributed by atoms with van der Waals surface area (Å²) in [6.45, 7) is 3.69. The molecule has 58 heavy (non-hydrogen) atoms. The summed E-state index contributed by atoms with van der Waals surface area (Å²) in [5.74, 6) is -0.579. The minimum absolute atomic E-state index is 0.250. The fraction of sp³-hybridized carbons (Fsp3) is 0.979. The van der Waals surface area contributed by atoms with Crippen molar-refractivity contribution in [2.45, 2.75) is 288 Å². The van der Waals surface area contributed by atoms with Crippen LogP contribution in [-0.4, -0.2) is 98.7 Å². The molecule has 1 rings (SSSR count). The van der Waals surface area contributed by atoms with E-state index in [9.17, 15) is 35.4 Å². The highest BCUT2D eigenvalue weighted by Gasteiger charge is 2.44. The molecular formula is C48H95NO9. The van der Waals surface area contributed by atoms with Gasteiger partial charge in [0.2, 0.25) is 5.91 Å². The van der Waals surface area contributed by atoms with Crippen molar-refractivity contribution >= 4 is 5.91 Å². The number of carbonyl (C=O) groups excluding carboxylic acids is 1. The Labute approximate surface area is 356 Å².